The summed E-state index contributed by atoms with van der Waals surface area (Å²) in [7, 11) is 0. The van der Waals surface area contributed by atoms with Gasteiger partial charge in [0, 0.05) is 6.92 Å². The van der Waals surface area contributed by atoms with Crippen LogP contribution in [0.2, 0.25) is 0 Å². The van der Waals surface area contributed by atoms with Gasteiger partial charge in [-0.2, -0.15) is 4.98 Å². The summed E-state index contributed by atoms with van der Waals surface area (Å²) in [5.74, 6) is 0.0943. The normalized spacial score (nSPS) is 10.3. The molecule has 7 heteroatoms. The van der Waals surface area contributed by atoms with Gasteiger partial charge in [-0.15, -0.1) is 0 Å². The molecule has 0 aliphatic carbocycles. The number of nitrogens with one attached hydrogen (secondary N) is 1. The molecular formula is C11H12N4O3. The fraction of sp³-hybridized carbons (Fsp3) is 0.182. The highest BCUT2D eigenvalue weighted by molar-refractivity contribution is 5.98. The summed E-state index contributed by atoms with van der Waals surface area (Å²) in [5.41, 5.74) is 5.76. The number of aromatic hydroxyl groups is 1. The molecule has 0 spiro atoms. The number of anilines is 1. The molecule has 0 bridgehead atoms. The lowest BCUT2D eigenvalue weighted by atomic mass is 10.1. The molecule has 1 aromatic heterocycles. The van der Waals surface area contributed by atoms with Crippen LogP contribution in [0, 0.1) is 6.92 Å². The standard InChI is InChI=1S/C11H12N4O3/c1-6-14-9(15-18-6)5-13-11(17)7-3-2-4-8(12)10(7)16/h2-4,16H,5,12H2,1H3,(H,13,17). The summed E-state index contributed by atoms with van der Waals surface area (Å²) in [6.45, 7) is 1.77. The number of nitrogens with two attached hydrogens (primary N) is 1. The SMILES string of the molecule is Cc1nc(CNC(=O)c2cccc(N)c2O)no1. The highest BCUT2D eigenvalue weighted by Gasteiger charge is 2.13. The van der Waals surface area contributed by atoms with E-state index in [0.29, 0.717) is 11.7 Å². The number of carbonyl (C=O) groups excluding carboxylic acids is 1. The first kappa shape index (κ1) is 11.9. The van der Waals surface area contributed by atoms with Gasteiger partial charge >= 0.3 is 0 Å². The summed E-state index contributed by atoms with van der Waals surface area (Å²) >= 11 is 0. The average molecular weight is 248 g/mol. The number of rotatable bonds is 3. The molecule has 0 unspecified atom stereocenters. The van der Waals surface area contributed by atoms with Crippen molar-refractivity contribution in [3.05, 3.63) is 35.5 Å². The zero-order chi connectivity index (χ0) is 13.1. The number of aromatic nitrogens is 2. The minimum atomic E-state index is -0.456. The molecule has 0 atom stereocenters. The van der Waals surface area contributed by atoms with Gasteiger partial charge in [0.1, 0.15) is 0 Å². The van der Waals surface area contributed by atoms with Gasteiger partial charge in [-0.25, -0.2) is 0 Å². The zero-order valence-electron chi connectivity index (χ0n) is 9.67. The first-order valence-corrected chi connectivity index (χ1v) is 5.23. The molecule has 94 valence electrons. The molecule has 1 aromatic carbocycles. The van der Waals surface area contributed by atoms with Gasteiger partial charge in [-0.05, 0) is 12.1 Å². The number of nitrogens with zero attached hydrogens (tertiary/aromatic N) is 2. The first-order valence-electron chi connectivity index (χ1n) is 5.23. The Morgan fingerprint density at radius 3 is 3.00 bits per heavy atom. The van der Waals surface area contributed by atoms with E-state index in [1.54, 1.807) is 13.0 Å². The van der Waals surface area contributed by atoms with Crippen molar-refractivity contribution >= 4 is 11.6 Å². The maximum atomic E-state index is 11.8. The minimum Gasteiger partial charge on any atom is -0.505 e. The molecule has 4 N–H and O–H groups in total. The zero-order valence-corrected chi connectivity index (χ0v) is 9.67. The van der Waals surface area contributed by atoms with Gasteiger partial charge < -0.3 is 20.7 Å². The molecule has 0 saturated carbocycles. The summed E-state index contributed by atoms with van der Waals surface area (Å²) in [4.78, 5) is 15.7. The minimum absolute atomic E-state index is 0.107. The van der Waals surface area contributed by atoms with Crippen molar-refractivity contribution in [3.8, 4) is 5.75 Å². The van der Waals surface area contributed by atoms with E-state index in [2.05, 4.69) is 15.5 Å². The molecule has 0 radical (unpaired) electrons. The van der Waals surface area contributed by atoms with Gasteiger partial charge in [0.05, 0.1) is 17.8 Å². The number of benzene rings is 1. The third-order valence-electron chi connectivity index (χ3n) is 2.29. The molecule has 2 aromatic rings. The van der Waals surface area contributed by atoms with Crippen LogP contribution in [0.3, 0.4) is 0 Å². The van der Waals surface area contributed by atoms with Gasteiger partial charge in [0.15, 0.2) is 11.6 Å². The maximum absolute atomic E-state index is 11.8. The summed E-state index contributed by atoms with van der Waals surface area (Å²) in [5, 5.41) is 15.8. The van der Waals surface area contributed by atoms with Crippen LogP contribution in [0.1, 0.15) is 22.1 Å². The number of phenols is 1. The van der Waals surface area contributed by atoms with E-state index >= 15 is 0 Å². The molecule has 1 heterocycles. The fourth-order valence-electron chi connectivity index (χ4n) is 1.41. The third-order valence-corrected chi connectivity index (χ3v) is 2.29. The lowest BCUT2D eigenvalue weighted by Crippen LogP contribution is -2.23. The average Bonchev–Trinajstić information content (AvgIpc) is 2.76. The number of aryl methyl sites for hydroxylation is 1. The van der Waals surface area contributed by atoms with Crippen molar-refractivity contribution in [2.45, 2.75) is 13.5 Å². The predicted octanol–water partition coefficient (Wildman–Crippen LogP) is 0.596. The number of phenolic OH excluding ortho intramolecular Hbond substituents is 1. The van der Waals surface area contributed by atoms with Gasteiger partial charge in [0.25, 0.3) is 5.91 Å². The van der Waals surface area contributed by atoms with Crippen molar-refractivity contribution in [2.75, 3.05) is 5.73 Å². The third kappa shape index (κ3) is 2.40. The van der Waals surface area contributed by atoms with Crippen LogP contribution in [0.25, 0.3) is 0 Å². The molecule has 0 aliphatic heterocycles. The Morgan fingerprint density at radius 2 is 2.33 bits per heavy atom. The highest BCUT2D eigenvalue weighted by Crippen LogP contribution is 2.24. The van der Waals surface area contributed by atoms with Crippen LogP contribution < -0.4 is 11.1 Å². The van der Waals surface area contributed by atoms with E-state index in [1.165, 1.54) is 12.1 Å². The molecule has 7 nitrogen and oxygen atoms in total. The second-order valence-electron chi connectivity index (χ2n) is 3.66. The second kappa shape index (κ2) is 4.74. The van der Waals surface area contributed by atoms with E-state index in [1.807, 2.05) is 0 Å². The smallest absolute Gasteiger partial charge is 0.255 e. The van der Waals surface area contributed by atoms with Crippen molar-refractivity contribution in [2.24, 2.45) is 0 Å². The Kier molecular flexibility index (Phi) is 3.13. The van der Waals surface area contributed by atoms with Crippen molar-refractivity contribution in [1.82, 2.24) is 15.5 Å². The van der Waals surface area contributed by atoms with E-state index in [9.17, 15) is 9.90 Å². The second-order valence-corrected chi connectivity index (χ2v) is 3.66. The predicted molar refractivity (Wildman–Crippen MR) is 62.7 cm³/mol. The number of hydrogen-bond acceptors (Lipinski definition) is 6. The van der Waals surface area contributed by atoms with Gasteiger partial charge in [-0.1, -0.05) is 11.2 Å². The molecule has 0 saturated heterocycles. The molecule has 0 fully saturated rings. The lowest BCUT2D eigenvalue weighted by Gasteiger charge is -2.06. The van der Waals surface area contributed by atoms with Crippen molar-refractivity contribution < 1.29 is 14.4 Å². The number of para-hydroxylation sites is 1. The van der Waals surface area contributed by atoms with E-state index < -0.39 is 5.91 Å². The Hall–Kier alpha value is -2.57. The first-order chi connectivity index (χ1) is 8.58. The highest BCUT2D eigenvalue weighted by atomic mass is 16.5. The Balaban J connectivity index is 2.06. The van der Waals surface area contributed by atoms with Crippen molar-refractivity contribution in [1.29, 1.82) is 0 Å². The Labute approximate surface area is 103 Å². The van der Waals surface area contributed by atoms with Crippen molar-refractivity contribution in [3.63, 3.8) is 0 Å². The monoisotopic (exact) mass is 248 g/mol. The topological polar surface area (TPSA) is 114 Å². The summed E-state index contributed by atoms with van der Waals surface area (Å²) in [6, 6.07) is 4.57. The number of nitrogen functional groups attached to an aromatic ring is 1. The van der Waals surface area contributed by atoms with Crippen LogP contribution >= 0.6 is 0 Å². The van der Waals surface area contributed by atoms with E-state index in [-0.39, 0.29) is 23.5 Å². The fourth-order valence-corrected chi connectivity index (χ4v) is 1.41. The molecule has 18 heavy (non-hydrogen) atoms. The number of hydrogen-bond donors (Lipinski definition) is 3. The largest absolute Gasteiger partial charge is 0.505 e. The summed E-state index contributed by atoms with van der Waals surface area (Å²) in [6.07, 6.45) is 0. The maximum Gasteiger partial charge on any atom is 0.255 e. The van der Waals surface area contributed by atoms with Crippen LogP contribution in [-0.2, 0) is 6.54 Å². The molecule has 1 amide bonds. The van der Waals surface area contributed by atoms with Crippen LogP contribution in [-0.4, -0.2) is 21.2 Å². The van der Waals surface area contributed by atoms with Crippen LogP contribution in [0.5, 0.6) is 5.75 Å². The lowest BCUT2D eigenvalue weighted by molar-refractivity contribution is 0.0947. The van der Waals surface area contributed by atoms with E-state index in [0.717, 1.165) is 0 Å². The van der Waals surface area contributed by atoms with Crippen LogP contribution in [0.4, 0.5) is 5.69 Å². The summed E-state index contributed by atoms with van der Waals surface area (Å²) < 4.78 is 4.76. The van der Waals surface area contributed by atoms with Gasteiger partial charge in [0.2, 0.25) is 5.89 Å². The van der Waals surface area contributed by atoms with Gasteiger partial charge in [-0.3, -0.25) is 4.79 Å². The van der Waals surface area contributed by atoms with Crippen LogP contribution in [0.15, 0.2) is 22.7 Å². The molecule has 0 aliphatic rings. The molecule has 2 rings (SSSR count). The van der Waals surface area contributed by atoms with E-state index in [4.69, 9.17) is 10.3 Å². The Bertz CT molecular complexity index is 579. The Morgan fingerprint density at radius 1 is 1.56 bits per heavy atom. The molecular weight excluding hydrogens is 236 g/mol. The number of carbonyl (C=O) groups is 1. The number of amides is 1. The quantitative estimate of drug-likeness (QED) is 0.541.